The number of hydrogen-bond acceptors (Lipinski definition) is 8. The van der Waals surface area contributed by atoms with E-state index in [9.17, 15) is 19.2 Å². The lowest BCUT2D eigenvalue weighted by atomic mass is 10.2. The summed E-state index contributed by atoms with van der Waals surface area (Å²) in [7, 11) is 1.55. The van der Waals surface area contributed by atoms with Crippen LogP contribution < -0.4 is 5.32 Å². The minimum atomic E-state index is -0.633. The van der Waals surface area contributed by atoms with Gasteiger partial charge in [0.2, 0.25) is 5.91 Å². The normalized spacial score (nSPS) is 13.4. The van der Waals surface area contributed by atoms with Gasteiger partial charge in [-0.15, -0.1) is 11.8 Å². The van der Waals surface area contributed by atoms with Crippen LogP contribution in [0, 0.1) is 0 Å². The summed E-state index contributed by atoms with van der Waals surface area (Å²) in [6.45, 7) is 3.90. The molecular weight excluding hydrogens is 438 g/mol. The lowest BCUT2D eigenvalue weighted by Gasteiger charge is -2.33. The van der Waals surface area contributed by atoms with Crippen molar-refractivity contribution in [3.05, 3.63) is 29.8 Å². The molecule has 0 radical (unpaired) electrons. The van der Waals surface area contributed by atoms with Crippen LogP contribution in [-0.2, 0) is 23.8 Å². The number of carbonyl (C=O) groups excluding carboxylic acids is 4. The molecule has 0 bridgehead atoms. The summed E-state index contributed by atoms with van der Waals surface area (Å²) in [5.74, 6) is -0.999. The number of nitrogens with one attached hydrogen (secondary N) is 1. The number of thioether (sulfide) groups is 1. The van der Waals surface area contributed by atoms with E-state index >= 15 is 0 Å². The van der Waals surface area contributed by atoms with Crippen molar-refractivity contribution in [2.75, 3.05) is 65.4 Å². The summed E-state index contributed by atoms with van der Waals surface area (Å²) in [4.78, 5) is 52.2. The van der Waals surface area contributed by atoms with Crippen LogP contribution in [0.4, 0.5) is 4.79 Å². The van der Waals surface area contributed by atoms with E-state index in [-0.39, 0.29) is 17.6 Å². The fourth-order valence-electron chi connectivity index (χ4n) is 2.90. The summed E-state index contributed by atoms with van der Waals surface area (Å²) < 4.78 is 15.1. The van der Waals surface area contributed by atoms with Gasteiger partial charge in [-0.2, -0.15) is 0 Å². The molecule has 0 atom stereocenters. The van der Waals surface area contributed by atoms with E-state index in [1.54, 1.807) is 43.2 Å². The molecule has 0 aromatic heterocycles. The monoisotopic (exact) mass is 467 g/mol. The molecule has 1 saturated heterocycles. The summed E-state index contributed by atoms with van der Waals surface area (Å²) in [5.41, 5.74) is 0.294. The number of ether oxygens (including phenoxy) is 3. The first-order chi connectivity index (χ1) is 15.5. The van der Waals surface area contributed by atoms with Gasteiger partial charge < -0.3 is 29.3 Å². The number of carbonyl (C=O) groups is 4. The Morgan fingerprint density at radius 3 is 2.41 bits per heavy atom. The van der Waals surface area contributed by atoms with Gasteiger partial charge in [0, 0.05) is 44.7 Å². The average molecular weight is 468 g/mol. The second-order valence-corrected chi connectivity index (χ2v) is 7.79. The molecule has 1 aromatic carbocycles. The van der Waals surface area contributed by atoms with E-state index < -0.39 is 18.7 Å². The van der Waals surface area contributed by atoms with E-state index in [0.29, 0.717) is 56.4 Å². The topological polar surface area (TPSA) is 114 Å². The Hall–Kier alpha value is -2.79. The third-order valence-electron chi connectivity index (χ3n) is 4.58. The average Bonchev–Trinajstić information content (AvgIpc) is 2.81. The molecule has 1 fully saturated rings. The number of esters is 1. The van der Waals surface area contributed by atoms with Crippen LogP contribution in [0.5, 0.6) is 0 Å². The predicted octanol–water partition coefficient (Wildman–Crippen LogP) is 0.999. The maximum Gasteiger partial charge on any atom is 0.409 e. The Morgan fingerprint density at radius 2 is 1.72 bits per heavy atom. The van der Waals surface area contributed by atoms with Crippen molar-refractivity contribution in [1.29, 1.82) is 0 Å². The SMILES string of the molecule is CCOC(=O)N1CCN(C(=O)COC(=O)c2ccccc2SCC(=O)NCCOC)CC1. The van der Waals surface area contributed by atoms with Crippen LogP contribution in [-0.4, -0.2) is 99.1 Å². The summed E-state index contributed by atoms with van der Waals surface area (Å²) in [5, 5.41) is 2.71. The van der Waals surface area contributed by atoms with Crippen LogP contribution >= 0.6 is 11.8 Å². The van der Waals surface area contributed by atoms with Crippen LogP contribution in [0.3, 0.4) is 0 Å². The smallest absolute Gasteiger partial charge is 0.409 e. The van der Waals surface area contributed by atoms with Gasteiger partial charge >= 0.3 is 12.1 Å². The van der Waals surface area contributed by atoms with E-state index in [4.69, 9.17) is 14.2 Å². The Balaban J connectivity index is 1.81. The maximum absolute atomic E-state index is 12.5. The number of amides is 3. The van der Waals surface area contributed by atoms with Crippen molar-refractivity contribution in [1.82, 2.24) is 15.1 Å². The predicted molar refractivity (Wildman–Crippen MR) is 118 cm³/mol. The third kappa shape index (κ3) is 8.04. The largest absolute Gasteiger partial charge is 0.452 e. The maximum atomic E-state index is 12.5. The van der Waals surface area contributed by atoms with Crippen LogP contribution in [0.25, 0.3) is 0 Å². The van der Waals surface area contributed by atoms with Crippen LogP contribution in [0.15, 0.2) is 29.2 Å². The Kier molecular flexibility index (Phi) is 10.8. The van der Waals surface area contributed by atoms with Gasteiger partial charge in [-0.1, -0.05) is 12.1 Å². The molecule has 3 amide bonds. The van der Waals surface area contributed by atoms with Crippen molar-refractivity contribution in [3.8, 4) is 0 Å². The number of methoxy groups -OCH3 is 1. The zero-order valence-electron chi connectivity index (χ0n) is 18.3. The number of hydrogen-bond donors (Lipinski definition) is 1. The Labute approximate surface area is 191 Å². The quantitative estimate of drug-likeness (QED) is 0.308. The summed E-state index contributed by atoms with van der Waals surface area (Å²) >= 11 is 1.21. The first-order valence-electron chi connectivity index (χ1n) is 10.3. The van der Waals surface area contributed by atoms with Gasteiger partial charge in [0.25, 0.3) is 5.91 Å². The molecule has 1 aliphatic heterocycles. The molecule has 0 saturated carbocycles. The molecule has 0 spiro atoms. The minimum absolute atomic E-state index is 0.137. The Bertz CT molecular complexity index is 797. The Morgan fingerprint density at radius 1 is 1.03 bits per heavy atom. The third-order valence-corrected chi connectivity index (χ3v) is 5.65. The van der Waals surface area contributed by atoms with Gasteiger partial charge in [0.1, 0.15) is 0 Å². The number of rotatable bonds is 10. The molecule has 176 valence electrons. The molecular formula is C21H29N3O7S. The molecule has 1 heterocycles. The highest BCUT2D eigenvalue weighted by Gasteiger charge is 2.25. The molecule has 32 heavy (non-hydrogen) atoms. The molecule has 11 heteroatoms. The van der Waals surface area contributed by atoms with Crippen molar-refractivity contribution < 1.29 is 33.4 Å². The van der Waals surface area contributed by atoms with E-state index in [0.717, 1.165) is 0 Å². The highest BCUT2D eigenvalue weighted by atomic mass is 32.2. The molecule has 0 aliphatic carbocycles. The molecule has 1 aromatic rings. The van der Waals surface area contributed by atoms with Crippen molar-refractivity contribution in [2.45, 2.75) is 11.8 Å². The number of benzene rings is 1. The first kappa shape index (κ1) is 25.5. The van der Waals surface area contributed by atoms with Crippen molar-refractivity contribution in [3.63, 3.8) is 0 Å². The van der Waals surface area contributed by atoms with Gasteiger partial charge in [-0.05, 0) is 19.1 Å². The minimum Gasteiger partial charge on any atom is -0.452 e. The second-order valence-electron chi connectivity index (χ2n) is 6.77. The fraction of sp³-hybridized carbons (Fsp3) is 0.524. The summed E-state index contributed by atoms with van der Waals surface area (Å²) in [6, 6.07) is 6.77. The van der Waals surface area contributed by atoms with E-state index in [1.807, 2.05) is 0 Å². The van der Waals surface area contributed by atoms with Gasteiger partial charge in [0.05, 0.1) is 24.5 Å². The highest BCUT2D eigenvalue weighted by Crippen LogP contribution is 2.23. The standard InChI is InChI=1S/C21H29N3O7S/c1-3-30-21(28)24-11-9-23(10-12-24)19(26)14-31-20(27)16-6-4-5-7-17(16)32-15-18(25)22-8-13-29-2/h4-7H,3,8-15H2,1-2H3,(H,22,25). The number of nitrogens with zero attached hydrogens (tertiary/aromatic N) is 2. The molecule has 10 nitrogen and oxygen atoms in total. The van der Waals surface area contributed by atoms with Crippen molar-refractivity contribution in [2.24, 2.45) is 0 Å². The lowest BCUT2D eigenvalue weighted by molar-refractivity contribution is -0.136. The number of piperazine rings is 1. The molecule has 1 aliphatic rings. The molecule has 0 unspecified atom stereocenters. The second kappa shape index (κ2) is 13.6. The molecule has 1 N–H and O–H groups in total. The zero-order chi connectivity index (χ0) is 23.3. The van der Waals surface area contributed by atoms with Crippen molar-refractivity contribution >= 4 is 35.6 Å². The van der Waals surface area contributed by atoms with Gasteiger partial charge in [0.15, 0.2) is 6.61 Å². The lowest BCUT2D eigenvalue weighted by Crippen LogP contribution is -2.51. The molecule has 2 rings (SSSR count). The summed E-state index contributed by atoms with van der Waals surface area (Å²) in [6.07, 6.45) is -0.396. The van der Waals surface area contributed by atoms with E-state index in [2.05, 4.69) is 5.32 Å². The first-order valence-corrected chi connectivity index (χ1v) is 11.3. The zero-order valence-corrected chi connectivity index (χ0v) is 19.2. The van der Waals surface area contributed by atoms with Gasteiger partial charge in [-0.3, -0.25) is 9.59 Å². The van der Waals surface area contributed by atoms with Crippen LogP contribution in [0.2, 0.25) is 0 Å². The van der Waals surface area contributed by atoms with Gasteiger partial charge in [-0.25, -0.2) is 9.59 Å². The van der Waals surface area contributed by atoms with E-state index in [1.165, 1.54) is 16.7 Å². The highest BCUT2D eigenvalue weighted by molar-refractivity contribution is 8.00. The fourth-order valence-corrected chi connectivity index (χ4v) is 3.77. The van der Waals surface area contributed by atoms with Crippen LogP contribution in [0.1, 0.15) is 17.3 Å².